The van der Waals surface area contributed by atoms with Crippen molar-refractivity contribution < 1.29 is 19.0 Å². The van der Waals surface area contributed by atoms with Gasteiger partial charge in [0.1, 0.15) is 0 Å². The van der Waals surface area contributed by atoms with Gasteiger partial charge >= 0.3 is 0 Å². The molecule has 0 aromatic heterocycles. The van der Waals surface area contributed by atoms with Crippen molar-refractivity contribution in [3.8, 4) is 17.2 Å². The number of nitrogens with zero attached hydrogens (tertiary/aromatic N) is 1. The average molecular weight is 336 g/mol. The van der Waals surface area contributed by atoms with Gasteiger partial charge in [-0.3, -0.25) is 4.79 Å². The predicted octanol–water partition coefficient (Wildman–Crippen LogP) is 2.17. The summed E-state index contributed by atoms with van der Waals surface area (Å²) in [5.41, 5.74) is 0.507. The molecule has 134 valence electrons. The Hall–Kier alpha value is -1.95. The lowest BCUT2D eigenvalue weighted by Gasteiger charge is -2.28. The molecular formula is C18H28N2O4. The van der Waals surface area contributed by atoms with E-state index in [-0.39, 0.29) is 5.91 Å². The van der Waals surface area contributed by atoms with Gasteiger partial charge in [-0.25, -0.2) is 0 Å². The molecule has 1 aliphatic heterocycles. The average Bonchev–Trinajstić information content (AvgIpc) is 2.61. The SMILES string of the molecule is COc1cc(C(=O)NCCC2CCN(C)CC2)cc(OC)c1OC. The molecule has 0 saturated carbocycles. The molecule has 1 aromatic carbocycles. The van der Waals surface area contributed by atoms with Crippen molar-refractivity contribution in [2.75, 3.05) is 48.0 Å². The Morgan fingerprint density at radius 3 is 2.21 bits per heavy atom. The van der Waals surface area contributed by atoms with Gasteiger partial charge in [-0.2, -0.15) is 0 Å². The zero-order valence-electron chi connectivity index (χ0n) is 15.1. The highest BCUT2D eigenvalue weighted by atomic mass is 16.5. The fourth-order valence-corrected chi connectivity index (χ4v) is 3.05. The van der Waals surface area contributed by atoms with E-state index in [1.54, 1.807) is 33.5 Å². The molecule has 0 unspecified atom stereocenters. The fourth-order valence-electron chi connectivity index (χ4n) is 3.05. The van der Waals surface area contributed by atoms with Gasteiger partial charge < -0.3 is 24.4 Å². The normalized spacial score (nSPS) is 15.8. The van der Waals surface area contributed by atoms with Gasteiger partial charge in [0, 0.05) is 12.1 Å². The van der Waals surface area contributed by atoms with Crippen LogP contribution < -0.4 is 19.5 Å². The van der Waals surface area contributed by atoms with Crippen LogP contribution in [0.4, 0.5) is 0 Å². The Bertz CT molecular complexity index is 529. The van der Waals surface area contributed by atoms with Crippen molar-refractivity contribution in [2.45, 2.75) is 19.3 Å². The van der Waals surface area contributed by atoms with Crippen LogP contribution in [-0.4, -0.2) is 58.8 Å². The van der Waals surface area contributed by atoms with E-state index in [9.17, 15) is 4.79 Å². The van der Waals surface area contributed by atoms with Crippen LogP contribution in [0.15, 0.2) is 12.1 Å². The van der Waals surface area contributed by atoms with E-state index >= 15 is 0 Å². The number of nitrogens with one attached hydrogen (secondary N) is 1. The molecule has 0 bridgehead atoms. The van der Waals surface area contributed by atoms with Crippen LogP contribution in [0.1, 0.15) is 29.6 Å². The van der Waals surface area contributed by atoms with E-state index in [0.717, 1.165) is 19.5 Å². The minimum absolute atomic E-state index is 0.123. The van der Waals surface area contributed by atoms with Gasteiger partial charge in [-0.1, -0.05) is 0 Å². The third-order valence-electron chi connectivity index (χ3n) is 4.60. The van der Waals surface area contributed by atoms with E-state index < -0.39 is 0 Å². The highest BCUT2D eigenvalue weighted by Gasteiger charge is 2.19. The number of piperidine rings is 1. The summed E-state index contributed by atoms with van der Waals surface area (Å²) in [6, 6.07) is 3.35. The highest BCUT2D eigenvalue weighted by Crippen LogP contribution is 2.38. The lowest BCUT2D eigenvalue weighted by atomic mass is 9.94. The molecule has 1 saturated heterocycles. The topological polar surface area (TPSA) is 60.0 Å². The Morgan fingerprint density at radius 1 is 1.12 bits per heavy atom. The monoisotopic (exact) mass is 336 g/mol. The Morgan fingerprint density at radius 2 is 1.71 bits per heavy atom. The third-order valence-corrected chi connectivity index (χ3v) is 4.60. The van der Waals surface area contributed by atoms with Crippen molar-refractivity contribution in [3.05, 3.63) is 17.7 Å². The largest absolute Gasteiger partial charge is 0.493 e. The number of carbonyl (C=O) groups is 1. The fraction of sp³-hybridized carbons (Fsp3) is 0.611. The standard InChI is InChI=1S/C18H28N2O4/c1-20-9-6-13(7-10-20)5-8-19-18(21)14-11-15(22-2)17(24-4)16(12-14)23-3/h11-13H,5-10H2,1-4H3,(H,19,21). The van der Waals surface area contributed by atoms with Crippen LogP contribution in [0.2, 0.25) is 0 Å². The zero-order valence-corrected chi connectivity index (χ0v) is 15.1. The number of carbonyl (C=O) groups excluding carboxylic acids is 1. The molecule has 24 heavy (non-hydrogen) atoms. The molecule has 1 amide bonds. The number of ether oxygens (including phenoxy) is 3. The maximum absolute atomic E-state index is 12.4. The van der Waals surface area contributed by atoms with Crippen molar-refractivity contribution in [3.63, 3.8) is 0 Å². The van der Waals surface area contributed by atoms with Gasteiger partial charge in [0.2, 0.25) is 5.75 Å². The molecule has 0 atom stereocenters. The first-order valence-corrected chi connectivity index (χ1v) is 8.35. The van der Waals surface area contributed by atoms with Gasteiger partial charge in [0.25, 0.3) is 5.91 Å². The van der Waals surface area contributed by atoms with E-state index in [2.05, 4.69) is 17.3 Å². The number of benzene rings is 1. The van der Waals surface area contributed by atoms with Crippen LogP contribution in [0.25, 0.3) is 0 Å². The number of likely N-dealkylation sites (tertiary alicyclic amines) is 1. The minimum Gasteiger partial charge on any atom is -0.493 e. The third kappa shape index (κ3) is 4.54. The second kappa shape index (κ2) is 8.78. The summed E-state index contributed by atoms with van der Waals surface area (Å²) in [6.45, 7) is 2.97. The molecule has 0 aliphatic carbocycles. The number of hydrogen-bond donors (Lipinski definition) is 1. The molecule has 1 heterocycles. The lowest BCUT2D eigenvalue weighted by molar-refractivity contribution is 0.0948. The number of methoxy groups -OCH3 is 3. The summed E-state index contributed by atoms with van der Waals surface area (Å²) >= 11 is 0. The smallest absolute Gasteiger partial charge is 0.251 e. The minimum atomic E-state index is -0.123. The van der Waals surface area contributed by atoms with E-state index in [1.807, 2.05) is 0 Å². The summed E-state index contributed by atoms with van der Waals surface area (Å²) in [4.78, 5) is 14.8. The van der Waals surface area contributed by atoms with Crippen LogP contribution in [-0.2, 0) is 0 Å². The van der Waals surface area contributed by atoms with Crippen molar-refractivity contribution in [2.24, 2.45) is 5.92 Å². The summed E-state index contributed by atoms with van der Waals surface area (Å²) in [5.74, 6) is 2.03. The van der Waals surface area contributed by atoms with Crippen LogP contribution in [0.5, 0.6) is 17.2 Å². The zero-order chi connectivity index (χ0) is 17.5. The molecular weight excluding hydrogens is 308 g/mol. The number of amides is 1. The molecule has 2 rings (SSSR count). The maximum atomic E-state index is 12.4. The molecule has 0 radical (unpaired) electrons. The summed E-state index contributed by atoms with van der Waals surface area (Å²) in [7, 11) is 6.78. The number of rotatable bonds is 7. The molecule has 1 aromatic rings. The van der Waals surface area contributed by atoms with E-state index in [4.69, 9.17) is 14.2 Å². The van der Waals surface area contributed by atoms with E-state index in [0.29, 0.717) is 35.3 Å². The molecule has 1 fully saturated rings. The Labute approximate surface area is 144 Å². The van der Waals surface area contributed by atoms with Crippen LogP contribution >= 0.6 is 0 Å². The Balaban J connectivity index is 1.94. The second-order valence-electron chi connectivity index (χ2n) is 6.21. The first-order chi connectivity index (χ1) is 11.6. The Kier molecular flexibility index (Phi) is 6.73. The highest BCUT2D eigenvalue weighted by molar-refractivity contribution is 5.95. The van der Waals surface area contributed by atoms with Crippen molar-refractivity contribution in [1.82, 2.24) is 10.2 Å². The van der Waals surface area contributed by atoms with Crippen LogP contribution in [0, 0.1) is 5.92 Å². The number of hydrogen-bond acceptors (Lipinski definition) is 5. The van der Waals surface area contributed by atoms with Crippen LogP contribution in [0.3, 0.4) is 0 Å². The molecule has 1 N–H and O–H groups in total. The summed E-state index contributed by atoms with van der Waals surface area (Å²) in [5, 5.41) is 2.99. The summed E-state index contributed by atoms with van der Waals surface area (Å²) < 4.78 is 15.9. The van der Waals surface area contributed by atoms with Gasteiger partial charge in [0.05, 0.1) is 21.3 Å². The van der Waals surface area contributed by atoms with E-state index in [1.165, 1.54) is 12.8 Å². The van der Waals surface area contributed by atoms with Crippen molar-refractivity contribution >= 4 is 5.91 Å². The van der Waals surface area contributed by atoms with Gasteiger partial charge in [0.15, 0.2) is 11.5 Å². The predicted molar refractivity (Wildman–Crippen MR) is 93.3 cm³/mol. The van der Waals surface area contributed by atoms with Gasteiger partial charge in [-0.05, 0) is 57.5 Å². The molecule has 0 spiro atoms. The quantitative estimate of drug-likeness (QED) is 0.827. The molecule has 6 nitrogen and oxygen atoms in total. The molecule has 1 aliphatic rings. The first kappa shape index (κ1) is 18.4. The molecule has 6 heteroatoms. The summed E-state index contributed by atoms with van der Waals surface area (Å²) in [6.07, 6.45) is 3.43. The second-order valence-corrected chi connectivity index (χ2v) is 6.21. The lowest BCUT2D eigenvalue weighted by Crippen LogP contribution is -2.32. The maximum Gasteiger partial charge on any atom is 0.251 e. The first-order valence-electron chi connectivity index (χ1n) is 8.35. The van der Waals surface area contributed by atoms with Gasteiger partial charge in [-0.15, -0.1) is 0 Å². The van der Waals surface area contributed by atoms with Crippen molar-refractivity contribution in [1.29, 1.82) is 0 Å².